The van der Waals surface area contributed by atoms with E-state index in [-0.39, 0.29) is 0 Å². The van der Waals surface area contributed by atoms with Crippen LogP contribution in [0, 0.1) is 0 Å². The van der Waals surface area contributed by atoms with Gasteiger partial charge in [-0.1, -0.05) is 13.0 Å². The van der Waals surface area contributed by atoms with Crippen molar-refractivity contribution in [2.24, 2.45) is 0 Å². The van der Waals surface area contributed by atoms with Gasteiger partial charge in [0.1, 0.15) is 5.75 Å². The second kappa shape index (κ2) is 6.64. The number of benzene rings is 1. The van der Waals surface area contributed by atoms with E-state index >= 15 is 0 Å². The van der Waals surface area contributed by atoms with Crippen LogP contribution in [0.4, 0.5) is 5.69 Å². The van der Waals surface area contributed by atoms with Crippen LogP contribution >= 0.6 is 0 Å². The van der Waals surface area contributed by atoms with Crippen molar-refractivity contribution in [1.29, 1.82) is 0 Å². The van der Waals surface area contributed by atoms with Crippen molar-refractivity contribution in [1.82, 2.24) is 0 Å². The molecule has 0 heterocycles. The van der Waals surface area contributed by atoms with Crippen molar-refractivity contribution in [2.75, 3.05) is 18.6 Å². The van der Waals surface area contributed by atoms with Crippen molar-refractivity contribution in [3.63, 3.8) is 0 Å². The van der Waals surface area contributed by atoms with Crippen molar-refractivity contribution < 1.29 is 9.84 Å². The van der Waals surface area contributed by atoms with Gasteiger partial charge in [-0.15, -0.1) is 0 Å². The second-order valence-electron chi connectivity index (χ2n) is 4.86. The monoisotopic (exact) mass is 251 g/mol. The van der Waals surface area contributed by atoms with Crippen LogP contribution in [0.5, 0.6) is 5.75 Å². The van der Waals surface area contributed by atoms with Crippen LogP contribution in [-0.4, -0.2) is 24.8 Å². The van der Waals surface area contributed by atoms with Crippen LogP contribution in [0.3, 0.4) is 0 Å². The zero-order valence-electron chi connectivity index (χ0n) is 12.1. The lowest BCUT2D eigenvalue weighted by atomic mass is 10.0. The number of nitrogens with zero attached hydrogens (tertiary/aromatic N) is 1. The first kappa shape index (κ1) is 14.8. The van der Waals surface area contributed by atoms with Gasteiger partial charge in [-0.2, -0.15) is 0 Å². The number of aliphatic hydroxyl groups is 1. The fraction of sp³-hybridized carbons (Fsp3) is 0.600. The summed E-state index contributed by atoms with van der Waals surface area (Å²) in [6.07, 6.45) is 0.545. The van der Waals surface area contributed by atoms with Crippen molar-refractivity contribution in [3.05, 3.63) is 23.8 Å². The van der Waals surface area contributed by atoms with Gasteiger partial charge in [0.05, 0.1) is 13.2 Å². The summed E-state index contributed by atoms with van der Waals surface area (Å²) in [5.74, 6) is 0.754. The smallest absolute Gasteiger partial charge is 0.126 e. The Hall–Kier alpha value is -1.22. The topological polar surface area (TPSA) is 32.7 Å². The molecule has 0 radical (unpaired) electrons. The third-order valence-electron chi connectivity index (χ3n) is 3.08. The van der Waals surface area contributed by atoms with E-state index < -0.39 is 6.10 Å². The molecule has 0 spiro atoms. The Morgan fingerprint density at radius 1 is 1.28 bits per heavy atom. The minimum absolute atomic E-state index is 0.398. The molecule has 0 saturated carbocycles. The van der Waals surface area contributed by atoms with Gasteiger partial charge in [0, 0.05) is 23.8 Å². The number of aliphatic hydroxyl groups excluding tert-OH is 1. The molecule has 0 aliphatic rings. The molecule has 3 heteroatoms. The van der Waals surface area contributed by atoms with Crippen LogP contribution < -0.4 is 9.64 Å². The number of rotatable bonds is 6. The van der Waals surface area contributed by atoms with Crippen molar-refractivity contribution in [3.8, 4) is 5.75 Å². The summed E-state index contributed by atoms with van der Waals surface area (Å²) in [6.45, 7) is 9.26. The van der Waals surface area contributed by atoms with Gasteiger partial charge in [0.25, 0.3) is 0 Å². The van der Waals surface area contributed by atoms with Gasteiger partial charge >= 0.3 is 0 Å². The Bertz CT molecular complexity index is 375. The predicted molar refractivity (Wildman–Crippen MR) is 76.4 cm³/mol. The number of hydrogen-bond acceptors (Lipinski definition) is 3. The first-order valence-electron chi connectivity index (χ1n) is 6.64. The summed E-state index contributed by atoms with van der Waals surface area (Å²) in [7, 11) is 1.64. The highest BCUT2D eigenvalue weighted by atomic mass is 16.5. The zero-order chi connectivity index (χ0) is 13.7. The average Bonchev–Trinajstić information content (AvgIpc) is 2.34. The molecule has 1 aromatic rings. The van der Waals surface area contributed by atoms with Crippen molar-refractivity contribution in [2.45, 2.75) is 46.3 Å². The van der Waals surface area contributed by atoms with Crippen LogP contribution in [0.1, 0.15) is 45.8 Å². The summed E-state index contributed by atoms with van der Waals surface area (Å²) in [5, 5.41) is 10.0. The molecule has 3 nitrogen and oxygen atoms in total. The van der Waals surface area contributed by atoms with E-state index in [4.69, 9.17) is 4.74 Å². The Kier molecular flexibility index (Phi) is 5.48. The largest absolute Gasteiger partial charge is 0.496 e. The summed E-state index contributed by atoms with van der Waals surface area (Å²) < 4.78 is 5.37. The van der Waals surface area contributed by atoms with E-state index in [0.717, 1.165) is 30.0 Å². The maximum absolute atomic E-state index is 10.0. The quantitative estimate of drug-likeness (QED) is 0.841. The van der Waals surface area contributed by atoms with E-state index in [2.05, 4.69) is 31.7 Å². The fourth-order valence-corrected chi connectivity index (χ4v) is 2.28. The van der Waals surface area contributed by atoms with Crippen molar-refractivity contribution >= 4 is 5.69 Å². The van der Waals surface area contributed by atoms with Gasteiger partial charge in [0.2, 0.25) is 0 Å². The Labute approximate surface area is 110 Å². The highest BCUT2D eigenvalue weighted by Gasteiger charge is 2.19. The van der Waals surface area contributed by atoms with Crippen LogP contribution in [0.25, 0.3) is 0 Å². The molecule has 18 heavy (non-hydrogen) atoms. The second-order valence-corrected chi connectivity index (χ2v) is 4.86. The SMILES string of the molecule is CCCN(c1cccc(OC)c1C(C)O)C(C)C. The molecule has 1 N–H and O–H groups in total. The lowest BCUT2D eigenvalue weighted by Crippen LogP contribution is -2.32. The third kappa shape index (κ3) is 3.16. The van der Waals surface area contributed by atoms with E-state index in [0.29, 0.717) is 6.04 Å². The highest BCUT2D eigenvalue weighted by molar-refractivity contribution is 5.60. The summed E-state index contributed by atoms with van der Waals surface area (Å²) in [6, 6.07) is 6.33. The van der Waals surface area contributed by atoms with E-state index in [1.807, 2.05) is 12.1 Å². The molecule has 1 aromatic carbocycles. The number of ether oxygens (including phenoxy) is 1. The molecule has 0 aromatic heterocycles. The molecule has 0 bridgehead atoms. The lowest BCUT2D eigenvalue weighted by Gasteiger charge is -2.32. The Morgan fingerprint density at radius 2 is 1.94 bits per heavy atom. The van der Waals surface area contributed by atoms with Gasteiger partial charge in [-0.3, -0.25) is 0 Å². The lowest BCUT2D eigenvalue weighted by molar-refractivity contribution is 0.194. The molecular formula is C15H25NO2. The molecule has 102 valence electrons. The molecule has 1 rings (SSSR count). The maximum Gasteiger partial charge on any atom is 0.126 e. The van der Waals surface area contributed by atoms with Crippen LogP contribution in [-0.2, 0) is 0 Å². The number of anilines is 1. The van der Waals surface area contributed by atoms with Crippen LogP contribution in [0.15, 0.2) is 18.2 Å². The summed E-state index contributed by atoms with van der Waals surface area (Å²) in [5.41, 5.74) is 1.95. The first-order chi connectivity index (χ1) is 8.52. The maximum atomic E-state index is 10.0. The molecule has 0 saturated heterocycles. The average molecular weight is 251 g/mol. The van der Waals surface area contributed by atoms with Gasteiger partial charge < -0.3 is 14.7 Å². The molecular weight excluding hydrogens is 226 g/mol. The zero-order valence-corrected chi connectivity index (χ0v) is 12.1. The van der Waals surface area contributed by atoms with E-state index in [9.17, 15) is 5.11 Å². The molecule has 0 fully saturated rings. The third-order valence-corrected chi connectivity index (χ3v) is 3.08. The minimum atomic E-state index is -0.533. The van der Waals surface area contributed by atoms with Gasteiger partial charge in [-0.05, 0) is 39.3 Å². The summed E-state index contributed by atoms with van der Waals surface area (Å²) in [4.78, 5) is 2.31. The predicted octanol–water partition coefficient (Wildman–Crippen LogP) is 3.37. The summed E-state index contributed by atoms with van der Waals surface area (Å²) >= 11 is 0. The normalized spacial score (nSPS) is 12.6. The standard InChI is InChI=1S/C15H25NO2/c1-6-10-16(11(2)3)13-8-7-9-14(18-5)15(13)12(4)17/h7-9,11-12,17H,6,10H2,1-5H3. The van der Waals surface area contributed by atoms with Gasteiger partial charge in [0.15, 0.2) is 0 Å². The highest BCUT2D eigenvalue weighted by Crippen LogP contribution is 2.35. The molecule has 0 amide bonds. The Morgan fingerprint density at radius 3 is 2.39 bits per heavy atom. The van der Waals surface area contributed by atoms with E-state index in [1.165, 1.54) is 0 Å². The molecule has 1 unspecified atom stereocenters. The number of hydrogen-bond donors (Lipinski definition) is 1. The molecule has 1 atom stereocenters. The van der Waals surface area contributed by atoms with Crippen LogP contribution in [0.2, 0.25) is 0 Å². The Balaban J connectivity index is 3.28. The fourth-order valence-electron chi connectivity index (χ4n) is 2.28. The van der Waals surface area contributed by atoms with E-state index in [1.54, 1.807) is 14.0 Å². The molecule has 0 aliphatic carbocycles. The minimum Gasteiger partial charge on any atom is -0.496 e. The van der Waals surface area contributed by atoms with Gasteiger partial charge in [-0.25, -0.2) is 0 Å². The first-order valence-corrected chi connectivity index (χ1v) is 6.64. The number of methoxy groups -OCH3 is 1. The molecule has 0 aliphatic heterocycles.